The van der Waals surface area contributed by atoms with E-state index < -0.39 is 0 Å². The number of hydrogen-bond acceptors (Lipinski definition) is 3. The Morgan fingerprint density at radius 3 is 2.68 bits per heavy atom. The highest BCUT2D eigenvalue weighted by Gasteiger charge is 2.24. The monoisotopic (exact) mass is 331 g/mol. The molecule has 0 spiro atoms. The highest BCUT2D eigenvalue weighted by atomic mass is 15.1. The van der Waals surface area contributed by atoms with Gasteiger partial charge < -0.3 is 5.10 Å². The number of H-pyrrole nitrogens is 2. The molecule has 1 aliphatic rings. The van der Waals surface area contributed by atoms with Crippen molar-refractivity contribution in [3.63, 3.8) is 0 Å². The first-order chi connectivity index (χ1) is 12.4. The molecule has 4 heterocycles. The maximum absolute atomic E-state index is 4.42. The van der Waals surface area contributed by atoms with Crippen LogP contribution in [0.15, 0.2) is 48.8 Å². The van der Waals surface area contributed by atoms with Crippen LogP contribution in [0.4, 0.5) is 0 Å². The zero-order valence-electron chi connectivity index (χ0n) is 14.1. The van der Waals surface area contributed by atoms with Gasteiger partial charge in [-0.25, -0.2) is 9.97 Å². The molecule has 5 nitrogen and oxygen atoms in total. The van der Waals surface area contributed by atoms with Crippen molar-refractivity contribution in [2.45, 2.75) is 25.3 Å². The quantitative estimate of drug-likeness (QED) is 0.600. The van der Waals surface area contributed by atoms with Crippen LogP contribution in [0.5, 0.6) is 0 Å². The van der Waals surface area contributed by atoms with Gasteiger partial charge in [-0.1, -0.05) is 30.3 Å². The smallest absolute Gasteiger partial charge is 0.159 e. The van der Waals surface area contributed by atoms with Crippen LogP contribution in [0.25, 0.3) is 21.9 Å². The number of rotatable bonds is 3. The van der Waals surface area contributed by atoms with E-state index in [4.69, 9.17) is 0 Å². The van der Waals surface area contributed by atoms with Crippen molar-refractivity contribution in [3.8, 4) is 0 Å². The molecule has 4 aromatic rings. The predicted molar refractivity (Wildman–Crippen MR) is 99.4 cm³/mol. The molecule has 0 saturated carbocycles. The Bertz CT molecular complexity index is 993. The minimum atomic E-state index is 0.557. The lowest BCUT2D eigenvalue weighted by Crippen LogP contribution is -2.32. The molecule has 0 amide bonds. The van der Waals surface area contributed by atoms with E-state index in [-0.39, 0.29) is 0 Å². The summed E-state index contributed by atoms with van der Waals surface area (Å²) in [5, 5.41) is 9.13. The van der Waals surface area contributed by atoms with Gasteiger partial charge in [-0.15, -0.1) is 0 Å². The van der Waals surface area contributed by atoms with Gasteiger partial charge in [0.2, 0.25) is 0 Å². The van der Waals surface area contributed by atoms with E-state index in [1.165, 1.54) is 29.5 Å². The fourth-order valence-electron chi connectivity index (χ4n) is 4.07. The fourth-order valence-corrected chi connectivity index (χ4v) is 4.07. The second-order valence-corrected chi connectivity index (χ2v) is 6.93. The number of benzene rings is 1. The molecule has 1 fully saturated rings. The number of likely N-dealkylation sites (tertiary alicyclic amines) is 1. The second kappa shape index (κ2) is 6.01. The van der Waals surface area contributed by atoms with Gasteiger partial charge in [0.15, 0.2) is 5.65 Å². The van der Waals surface area contributed by atoms with Gasteiger partial charge in [-0.3, -0.25) is 10.00 Å². The van der Waals surface area contributed by atoms with E-state index in [9.17, 15) is 0 Å². The first kappa shape index (κ1) is 14.7. The summed E-state index contributed by atoms with van der Waals surface area (Å²) in [5.74, 6) is 0.557. The number of pyridine rings is 1. The van der Waals surface area contributed by atoms with Gasteiger partial charge in [0.05, 0.1) is 11.7 Å². The Morgan fingerprint density at radius 2 is 1.84 bits per heavy atom. The Hall–Kier alpha value is -2.66. The topological polar surface area (TPSA) is 60.6 Å². The lowest BCUT2D eigenvalue weighted by atomic mass is 9.91. The van der Waals surface area contributed by atoms with Gasteiger partial charge in [0.1, 0.15) is 0 Å². The molecule has 5 rings (SSSR count). The Labute approximate surface area is 146 Å². The molecule has 1 saturated heterocycles. The molecule has 1 aromatic carbocycles. The first-order valence-corrected chi connectivity index (χ1v) is 8.94. The van der Waals surface area contributed by atoms with Gasteiger partial charge >= 0.3 is 0 Å². The normalized spacial score (nSPS) is 16.8. The highest BCUT2D eigenvalue weighted by Crippen LogP contribution is 2.34. The van der Waals surface area contributed by atoms with Crippen molar-refractivity contribution >= 4 is 21.9 Å². The summed E-state index contributed by atoms with van der Waals surface area (Å²) >= 11 is 0. The van der Waals surface area contributed by atoms with Crippen molar-refractivity contribution < 1.29 is 0 Å². The molecule has 0 bridgehead atoms. The zero-order chi connectivity index (χ0) is 16.6. The summed E-state index contributed by atoms with van der Waals surface area (Å²) in [6.45, 7) is 3.31. The largest absolute Gasteiger partial charge is 0.304 e. The van der Waals surface area contributed by atoms with E-state index in [0.717, 1.165) is 36.2 Å². The van der Waals surface area contributed by atoms with Crippen LogP contribution in [0.2, 0.25) is 0 Å². The molecule has 0 radical (unpaired) electrons. The predicted octanol–water partition coefficient (Wildman–Crippen LogP) is 3.82. The van der Waals surface area contributed by atoms with Crippen LogP contribution < -0.4 is 0 Å². The average molecular weight is 331 g/mol. The van der Waals surface area contributed by atoms with Crippen molar-refractivity contribution in [2.75, 3.05) is 13.1 Å². The molecule has 3 aromatic heterocycles. The molecule has 0 atom stereocenters. The molecule has 25 heavy (non-hydrogen) atoms. The van der Waals surface area contributed by atoms with Crippen LogP contribution in [-0.2, 0) is 6.54 Å². The summed E-state index contributed by atoms with van der Waals surface area (Å²) < 4.78 is 0. The highest BCUT2D eigenvalue weighted by molar-refractivity contribution is 6.04. The number of aromatic nitrogens is 4. The van der Waals surface area contributed by atoms with Crippen molar-refractivity contribution in [3.05, 3.63) is 60.0 Å². The Morgan fingerprint density at radius 1 is 1.00 bits per heavy atom. The molecule has 126 valence electrons. The number of piperidine rings is 1. The van der Waals surface area contributed by atoms with Gasteiger partial charge in [0.25, 0.3) is 0 Å². The van der Waals surface area contributed by atoms with E-state index >= 15 is 0 Å². The van der Waals surface area contributed by atoms with Crippen LogP contribution in [0, 0.1) is 0 Å². The number of hydrogen-bond donors (Lipinski definition) is 2. The lowest BCUT2D eigenvalue weighted by molar-refractivity contribution is 0.203. The van der Waals surface area contributed by atoms with Crippen molar-refractivity contribution in [1.82, 2.24) is 25.1 Å². The summed E-state index contributed by atoms with van der Waals surface area (Å²) in [4.78, 5) is 11.3. The standard InChI is InChI=1S/C20H21N5/c1-2-4-14(5-3-1)13-25-10-7-15(8-11-25)19-18-16-6-9-21-20(16)22-12-17(18)23-24-19/h1-6,9,12,15,23-24H,7-8,10-11,13H2. The molecule has 5 heteroatoms. The third-order valence-corrected chi connectivity index (χ3v) is 5.38. The summed E-state index contributed by atoms with van der Waals surface area (Å²) in [7, 11) is 0. The van der Waals surface area contributed by atoms with Gasteiger partial charge in [-0.2, -0.15) is 0 Å². The molecule has 0 aliphatic carbocycles. The first-order valence-electron chi connectivity index (χ1n) is 8.94. The SMILES string of the molecule is c1ccc(CN2CCC(c3[nH][nH]c4cnc5nccc5c34)CC2)cc1. The van der Waals surface area contributed by atoms with Crippen molar-refractivity contribution in [1.29, 1.82) is 0 Å². The molecule has 1 aliphatic heterocycles. The van der Waals surface area contributed by atoms with Crippen LogP contribution >= 0.6 is 0 Å². The maximum atomic E-state index is 4.42. The maximum Gasteiger partial charge on any atom is 0.159 e. The van der Waals surface area contributed by atoms with Crippen LogP contribution in [-0.4, -0.2) is 38.2 Å². The molecule has 2 N–H and O–H groups in total. The van der Waals surface area contributed by atoms with E-state index in [1.807, 2.05) is 12.4 Å². The Kier molecular flexibility index (Phi) is 3.52. The Balaban J connectivity index is 1.37. The van der Waals surface area contributed by atoms with Gasteiger partial charge in [-0.05, 0) is 37.6 Å². The van der Waals surface area contributed by atoms with Gasteiger partial charge in [0, 0.05) is 35.1 Å². The average Bonchev–Trinajstić information content (AvgIpc) is 3.29. The van der Waals surface area contributed by atoms with Crippen LogP contribution in [0.3, 0.4) is 0 Å². The van der Waals surface area contributed by atoms with Crippen molar-refractivity contribution in [2.24, 2.45) is 0 Å². The van der Waals surface area contributed by atoms with Crippen LogP contribution in [0.1, 0.15) is 30.0 Å². The zero-order valence-corrected chi connectivity index (χ0v) is 14.1. The number of aromatic amines is 2. The summed E-state index contributed by atoms with van der Waals surface area (Å²) in [6.07, 6.45) is 6.08. The minimum absolute atomic E-state index is 0.557. The second-order valence-electron chi connectivity index (χ2n) is 6.93. The minimum Gasteiger partial charge on any atom is -0.304 e. The third-order valence-electron chi connectivity index (χ3n) is 5.38. The van der Waals surface area contributed by atoms with E-state index in [2.05, 4.69) is 61.5 Å². The van der Waals surface area contributed by atoms with E-state index in [0.29, 0.717) is 5.92 Å². The molecular weight excluding hydrogens is 310 g/mol. The summed E-state index contributed by atoms with van der Waals surface area (Å²) in [6, 6.07) is 12.8. The molecule has 0 unspecified atom stereocenters. The lowest BCUT2D eigenvalue weighted by Gasteiger charge is -2.31. The summed E-state index contributed by atoms with van der Waals surface area (Å²) in [5.41, 5.74) is 4.62. The number of fused-ring (bicyclic) bond motifs is 3. The van der Waals surface area contributed by atoms with E-state index in [1.54, 1.807) is 0 Å². The molecular formula is C20H21N5. The third kappa shape index (κ3) is 2.61. The fraction of sp³-hybridized carbons (Fsp3) is 0.300. The number of nitrogens with zero attached hydrogens (tertiary/aromatic N) is 3. The number of nitrogens with one attached hydrogen (secondary N) is 2.